The molecule has 33 heavy (non-hydrogen) atoms. The van der Waals surface area contributed by atoms with Crippen LogP contribution in [0.2, 0.25) is 0 Å². The molecule has 0 fully saturated rings. The van der Waals surface area contributed by atoms with Crippen LogP contribution < -0.4 is 15.5 Å². The van der Waals surface area contributed by atoms with Gasteiger partial charge in [-0.3, -0.25) is 4.79 Å². The van der Waals surface area contributed by atoms with Gasteiger partial charge >= 0.3 is 0 Å². The summed E-state index contributed by atoms with van der Waals surface area (Å²) in [6.45, 7) is 8.53. The van der Waals surface area contributed by atoms with E-state index in [0.717, 1.165) is 32.7 Å². The highest BCUT2D eigenvalue weighted by Gasteiger charge is 2.23. The van der Waals surface area contributed by atoms with Crippen LogP contribution in [0.25, 0.3) is 16.2 Å². The maximum absolute atomic E-state index is 12.6. The Labute approximate surface area is 198 Å². The van der Waals surface area contributed by atoms with E-state index in [4.69, 9.17) is 10.1 Å². The van der Waals surface area contributed by atoms with Gasteiger partial charge in [-0.15, -0.1) is 5.10 Å². The zero-order chi connectivity index (χ0) is 23.6. The van der Waals surface area contributed by atoms with Crippen LogP contribution >= 0.6 is 11.3 Å². The summed E-state index contributed by atoms with van der Waals surface area (Å²) < 4.78 is 1.84. The first-order valence-electron chi connectivity index (χ1n) is 11.0. The largest absolute Gasteiger partial charge is 0.364 e. The lowest BCUT2D eigenvalue weighted by atomic mass is 10.1. The Morgan fingerprint density at radius 1 is 1.09 bits per heavy atom. The second-order valence-electron chi connectivity index (χ2n) is 9.19. The number of carbonyl (C=O) groups is 1. The first kappa shape index (κ1) is 22.8. The summed E-state index contributed by atoms with van der Waals surface area (Å²) in [5, 5.41) is 12.1. The molecule has 0 saturated carbocycles. The molecule has 2 N–H and O–H groups in total. The van der Waals surface area contributed by atoms with E-state index in [2.05, 4.69) is 31.4 Å². The van der Waals surface area contributed by atoms with E-state index in [1.165, 1.54) is 11.3 Å². The van der Waals surface area contributed by atoms with Crippen molar-refractivity contribution in [1.82, 2.24) is 19.9 Å². The monoisotopic (exact) mass is 462 g/mol. The number of rotatable bonds is 7. The number of hydrogen-bond acceptors (Lipinski definition) is 6. The van der Waals surface area contributed by atoms with Crippen molar-refractivity contribution in [2.45, 2.75) is 39.3 Å². The Morgan fingerprint density at radius 2 is 1.73 bits per heavy atom. The van der Waals surface area contributed by atoms with E-state index in [1.54, 1.807) is 0 Å². The highest BCUT2D eigenvalue weighted by Crippen LogP contribution is 2.34. The van der Waals surface area contributed by atoms with Crippen LogP contribution in [0.5, 0.6) is 0 Å². The molecule has 1 amide bonds. The molecule has 0 aliphatic heterocycles. The van der Waals surface area contributed by atoms with Gasteiger partial charge in [0.25, 0.3) is 0 Å². The minimum absolute atomic E-state index is 0.0558. The molecule has 4 rings (SSSR count). The third-order valence-corrected chi connectivity index (χ3v) is 6.14. The Balaban J connectivity index is 1.55. The molecule has 172 valence electrons. The molecule has 0 aliphatic rings. The van der Waals surface area contributed by atoms with Gasteiger partial charge in [0.05, 0.1) is 12.6 Å². The Bertz CT molecular complexity index is 1230. The molecule has 4 aromatic rings. The van der Waals surface area contributed by atoms with Gasteiger partial charge in [-0.05, 0) is 33.3 Å². The van der Waals surface area contributed by atoms with Crippen LogP contribution in [0.3, 0.4) is 0 Å². The van der Waals surface area contributed by atoms with Crippen molar-refractivity contribution < 1.29 is 4.79 Å². The molecule has 0 radical (unpaired) electrons. The average molecular weight is 463 g/mol. The van der Waals surface area contributed by atoms with Crippen LogP contribution in [0.15, 0.2) is 60.7 Å². The predicted octanol–water partition coefficient (Wildman–Crippen LogP) is 4.98. The number of likely N-dealkylation sites (N-methyl/N-ethyl adjacent to an activating group) is 1. The summed E-state index contributed by atoms with van der Waals surface area (Å²) in [5.41, 5.74) is 2.81. The fourth-order valence-electron chi connectivity index (χ4n) is 3.55. The molecule has 0 aliphatic carbocycles. The van der Waals surface area contributed by atoms with E-state index in [-0.39, 0.29) is 24.0 Å². The van der Waals surface area contributed by atoms with Crippen molar-refractivity contribution in [3.8, 4) is 11.3 Å². The van der Waals surface area contributed by atoms with Crippen LogP contribution in [0, 0.1) is 0 Å². The first-order chi connectivity index (χ1) is 15.7. The highest BCUT2D eigenvalue weighted by molar-refractivity contribution is 7.20. The number of benzene rings is 2. The van der Waals surface area contributed by atoms with Gasteiger partial charge in [0.2, 0.25) is 16.0 Å². The van der Waals surface area contributed by atoms with E-state index in [0.29, 0.717) is 0 Å². The van der Waals surface area contributed by atoms with Crippen molar-refractivity contribution in [1.29, 1.82) is 0 Å². The number of imidazole rings is 1. The normalized spacial score (nSPS) is 12.5. The topological polar surface area (TPSA) is 74.6 Å². The maximum atomic E-state index is 12.6. The van der Waals surface area contributed by atoms with Crippen LogP contribution in [0.1, 0.15) is 39.3 Å². The number of aromatic nitrogens is 3. The number of hydrogen-bond donors (Lipinski definition) is 2. The van der Waals surface area contributed by atoms with Gasteiger partial charge in [0, 0.05) is 18.2 Å². The number of carbonyl (C=O) groups excluding carboxylic acids is 1. The summed E-state index contributed by atoms with van der Waals surface area (Å²) in [5.74, 6) is 0.793. The summed E-state index contributed by atoms with van der Waals surface area (Å²) >= 11 is 1.46. The van der Waals surface area contributed by atoms with E-state index < -0.39 is 0 Å². The lowest BCUT2D eigenvalue weighted by Crippen LogP contribution is -2.36. The van der Waals surface area contributed by atoms with Gasteiger partial charge in [0.15, 0.2) is 5.82 Å². The molecule has 8 heteroatoms. The van der Waals surface area contributed by atoms with Gasteiger partial charge in [-0.25, -0.2) is 4.98 Å². The fourth-order valence-corrected chi connectivity index (χ4v) is 4.41. The minimum Gasteiger partial charge on any atom is -0.364 e. The Hall–Kier alpha value is -3.39. The van der Waals surface area contributed by atoms with Crippen molar-refractivity contribution in [2.24, 2.45) is 0 Å². The van der Waals surface area contributed by atoms with Crippen molar-refractivity contribution in [3.63, 3.8) is 0 Å². The number of fused-ring (bicyclic) bond motifs is 1. The van der Waals surface area contributed by atoms with Crippen LogP contribution in [0.4, 0.5) is 10.9 Å². The standard InChI is InChI=1S/C25H30N6OS/c1-17(18-12-8-6-9-13-18)26-20(32)16-30(5)24-29-31-22(28-25(2,3)4)21(27-23(31)33-24)19-14-10-7-11-15-19/h6-15,17,28H,16H2,1-5H3,(H,26,32)/t17-/m1/s1. The zero-order valence-electron chi connectivity index (χ0n) is 19.7. The number of anilines is 2. The second kappa shape index (κ2) is 9.23. The van der Waals surface area contributed by atoms with Gasteiger partial charge < -0.3 is 15.5 Å². The van der Waals surface area contributed by atoms with E-state index >= 15 is 0 Å². The molecule has 2 aromatic heterocycles. The Morgan fingerprint density at radius 3 is 2.36 bits per heavy atom. The third-order valence-electron chi connectivity index (χ3n) is 5.12. The molecular formula is C25H30N6OS. The average Bonchev–Trinajstić information content (AvgIpc) is 3.33. The second-order valence-corrected chi connectivity index (χ2v) is 10.1. The molecule has 2 aromatic carbocycles. The molecule has 0 unspecified atom stereocenters. The predicted molar refractivity (Wildman–Crippen MR) is 136 cm³/mol. The van der Waals surface area contributed by atoms with Gasteiger partial charge in [-0.2, -0.15) is 4.52 Å². The van der Waals surface area contributed by atoms with Crippen LogP contribution in [-0.4, -0.2) is 39.6 Å². The molecule has 1 atom stereocenters. The lowest BCUT2D eigenvalue weighted by molar-refractivity contribution is -0.120. The van der Waals surface area contributed by atoms with E-state index in [9.17, 15) is 4.79 Å². The summed E-state index contributed by atoms with van der Waals surface area (Å²) in [7, 11) is 1.88. The smallest absolute Gasteiger partial charge is 0.240 e. The maximum Gasteiger partial charge on any atom is 0.240 e. The zero-order valence-corrected chi connectivity index (χ0v) is 20.5. The summed E-state index contributed by atoms with van der Waals surface area (Å²) in [6.07, 6.45) is 0. The summed E-state index contributed by atoms with van der Waals surface area (Å²) in [4.78, 5) is 20.1. The van der Waals surface area contributed by atoms with E-state index in [1.807, 2.05) is 84.1 Å². The number of nitrogens with zero attached hydrogens (tertiary/aromatic N) is 4. The number of nitrogens with one attached hydrogen (secondary N) is 2. The van der Waals surface area contributed by atoms with Crippen LogP contribution in [-0.2, 0) is 4.79 Å². The van der Waals surface area contributed by atoms with Crippen molar-refractivity contribution in [3.05, 3.63) is 66.2 Å². The fraction of sp³-hybridized carbons (Fsp3) is 0.320. The van der Waals surface area contributed by atoms with Gasteiger partial charge in [-0.1, -0.05) is 72.0 Å². The lowest BCUT2D eigenvalue weighted by Gasteiger charge is -2.22. The molecular weight excluding hydrogens is 432 g/mol. The van der Waals surface area contributed by atoms with Crippen molar-refractivity contribution >= 4 is 33.2 Å². The highest BCUT2D eigenvalue weighted by atomic mass is 32.1. The molecule has 0 spiro atoms. The number of amides is 1. The quantitative estimate of drug-likeness (QED) is 0.405. The minimum atomic E-state index is -0.164. The Kier molecular flexibility index (Phi) is 6.37. The SMILES string of the molecule is C[C@@H](NC(=O)CN(C)c1nn2c(NC(C)(C)C)c(-c3ccccc3)nc2s1)c1ccccc1. The molecule has 0 saturated heterocycles. The summed E-state index contributed by atoms with van der Waals surface area (Å²) in [6, 6.07) is 20.0. The van der Waals surface area contributed by atoms with Crippen molar-refractivity contribution in [2.75, 3.05) is 23.8 Å². The first-order valence-corrected chi connectivity index (χ1v) is 11.8. The van der Waals surface area contributed by atoms with Gasteiger partial charge in [0.1, 0.15) is 5.69 Å². The molecule has 7 nitrogen and oxygen atoms in total. The molecule has 2 heterocycles. The molecule has 0 bridgehead atoms. The third kappa shape index (κ3) is 5.34.